The molecule has 116 valence electrons. The van der Waals surface area contributed by atoms with Gasteiger partial charge < -0.3 is 9.47 Å². The summed E-state index contributed by atoms with van der Waals surface area (Å²) in [7, 11) is 3.39. The molecule has 0 amide bonds. The Kier molecular flexibility index (Phi) is 5.26. The van der Waals surface area contributed by atoms with E-state index in [1.807, 2.05) is 6.08 Å². The highest BCUT2D eigenvalue weighted by Gasteiger charge is 2.13. The van der Waals surface area contributed by atoms with Crippen LogP contribution in [0.3, 0.4) is 0 Å². The maximum absolute atomic E-state index is 5.65. The molecule has 1 atom stereocenters. The van der Waals surface area contributed by atoms with Gasteiger partial charge in [-0.2, -0.15) is 0 Å². The average Bonchev–Trinajstić information content (AvgIpc) is 2.52. The van der Waals surface area contributed by atoms with Crippen LogP contribution in [0.15, 0.2) is 48.7 Å². The monoisotopic (exact) mass is 296 g/mol. The number of benzene rings is 2. The van der Waals surface area contributed by atoms with Crippen LogP contribution in [0.25, 0.3) is 11.1 Å². The summed E-state index contributed by atoms with van der Waals surface area (Å²) in [5, 5.41) is 0. The molecule has 0 aliphatic carbocycles. The second-order valence-electron chi connectivity index (χ2n) is 5.58. The van der Waals surface area contributed by atoms with Gasteiger partial charge in [-0.1, -0.05) is 37.3 Å². The van der Waals surface area contributed by atoms with Gasteiger partial charge in [0.05, 0.1) is 20.5 Å². The summed E-state index contributed by atoms with van der Waals surface area (Å²) in [5.41, 5.74) is 6.13. The van der Waals surface area contributed by atoms with Gasteiger partial charge in [0.25, 0.3) is 0 Å². The Balaban J connectivity index is 2.49. The molecule has 0 bridgehead atoms. The first-order valence-electron chi connectivity index (χ1n) is 7.52. The predicted molar refractivity (Wildman–Crippen MR) is 92.5 cm³/mol. The molecule has 0 aliphatic heterocycles. The van der Waals surface area contributed by atoms with Crippen LogP contribution in [0, 0.1) is 13.8 Å². The van der Waals surface area contributed by atoms with Crippen molar-refractivity contribution >= 4 is 0 Å². The summed E-state index contributed by atoms with van der Waals surface area (Å²) < 4.78 is 10.7. The lowest BCUT2D eigenvalue weighted by atomic mass is 9.92. The number of methoxy groups -OCH3 is 2. The van der Waals surface area contributed by atoms with Crippen LogP contribution < -0.4 is 4.74 Å². The molecule has 2 aromatic rings. The van der Waals surface area contributed by atoms with Crippen LogP contribution in [-0.4, -0.2) is 14.2 Å². The van der Waals surface area contributed by atoms with Crippen molar-refractivity contribution in [1.29, 1.82) is 0 Å². The van der Waals surface area contributed by atoms with E-state index in [0.717, 1.165) is 11.3 Å². The minimum atomic E-state index is 0.279. The molecular weight excluding hydrogens is 272 g/mol. The number of hydrogen-bond donors (Lipinski definition) is 0. The molecule has 0 spiro atoms. The zero-order chi connectivity index (χ0) is 16.1. The van der Waals surface area contributed by atoms with Crippen LogP contribution in [0.1, 0.15) is 29.5 Å². The molecule has 0 saturated carbocycles. The zero-order valence-corrected chi connectivity index (χ0v) is 14.0. The van der Waals surface area contributed by atoms with Gasteiger partial charge in [0.1, 0.15) is 5.75 Å². The number of allylic oxidation sites excluding steroid dienone is 1. The van der Waals surface area contributed by atoms with Crippen molar-refractivity contribution < 1.29 is 9.47 Å². The van der Waals surface area contributed by atoms with E-state index < -0.39 is 0 Å². The van der Waals surface area contributed by atoms with E-state index in [1.54, 1.807) is 20.5 Å². The number of aryl methyl sites for hydroxylation is 2. The first kappa shape index (κ1) is 16.2. The molecule has 2 rings (SSSR count). The molecule has 0 heterocycles. The Bertz CT molecular complexity index is 651. The van der Waals surface area contributed by atoms with Crippen LogP contribution in [0.4, 0.5) is 0 Å². The average molecular weight is 296 g/mol. The second-order valence-corrected chi connectivity index (χ2v) is 5.58. The van der Waals surface area contributed by atoms with E-state index in [-0.39, 0.29) is 5.92 Å². The lowest BCUT2D eigenvalue weighted by Crippen LogP contribution is -1.96. The second kappa shape index (κ2) is 7.17. The molecule has 0 radical (unpaired) electrons. The van der Waals surface area contributed by atoms with Gasteiger partial charge in [-0.25, -0.2) is 0 Å². The van der Waals surface area contributed by atoms with Gasteiger partial charge in [0, 0.05) is 11.5 Å². The Morgan fingerprint density at radius 1 is 1.00 bits per heavy atom. The summed E-state index contributed by atoms with van der Waals surface area (Å²) >= 11 is 0. The summed E-state index contributed by atoms with van der Waals surface area (Å²) in [4.78, 5) is 0. The molecule has 0 aliphatic rings. The molecule has 0 N–H and O–H groups in total. The Morgan fingerprint density at radius 3 is 2.27 bits per heavy atom. The van der Waals surface area contributed by atoms with E-state index in [4.69, 9.17) is 9.47 Å². The largest absolute Gasteiger partial charge is 0.505 e. The van der Waals surface area contributed by atoms with Crippen LogP contribution in [0.2, 0.25) is 0 Å². The highest BCUT2D eigenvalue weighted by atomic mass is 16.5. The molecule has 22 heavy (non-hydrogen) atoms. The fourth-order valence-electron chi connectivity index (χ4n) is 2.74. The summed E-state index contributed by atoms with van der Waals surface area (Å²) in [6, 6.07) is 12.8. The molecule has 0 fully saturated rings. The first-order chi connectivity index (χ1) is 10.6. The fourth-order valence-corrected chi connectivity index (χ4v) is 2.74. The SMILES string of the molecule is CO/C=C/C(C)c1ccc(-c2c(C)cccc2C)c(OC)c1. The van der Waals surface area contributed by atoms with E-state index in [0.29, 0.717) is 0 Å². The third kappa shape index (κ3) is 3.33. The van der Waals surface area contributed by atoms with E-state index in [9.17, 15) is 0 Å². The van der Waals surface area contributed by atoms with Gasteiger partial charge in [-0.3, -0.25) is 0 Å². The molecule has 2 nitrogen and oxygen atoms in total. The highest BCUT2D eigenvalue weighted by Crippen LogP contribution is 2.36. The molecular formula is C20H24O2. The molecule has 0 aromatic heterocycles. The van der Waals surface area contributed by atoms with Gasteiger partial charge in [0.2, 0.25) is 0 Å². The van der Waals surface area contributed by atoms with Gasteiger partial charge >= 0.3 is 0 Å². The number of rotatable bonds is 5. The summed E-state index contributed by atoms with van der Waals surface area (Å²) in [5.74, 6) is 1.19. The maximum Gasteiger partial charge on any atom is 0.126 e. The zero-order valence-electron chi connectivity index (χ0n) is 14.0. The quantitative estimate of drug-likeness (QED) is 0.702. The minimum Gasteiger partial charge on any atom is -0.505 e. The van der Waals surface area contributed by atoms with Crippen LogP contribution in [0.5, 0.6) is 5.75 Å². The number of ether oxygens (including phenoxy) is 2. The minimum absolute atomic E-state index is 0.279. The van der Waals surface area contributed by atoms with Crippen molar-refractivity contribution in [2.45, 2.75) is 26.7 Å². The number of hydrogen-bond acceptors (Lipinski definition) is 2. The third-order valence-electron chi connectivity index (χ3n) is 4.01. The van der Waals surface area contributed by atoms with Crippen molar-refractivity contribution in [1.82, 2.24) is 0 Å². The van der Waals surface area contributed by atoms with Crippen molar-refractivity contribution in [2.75, 3.05) is 14.2 Å². The van der Waals surface area contributed by atoms with Crippen LogP contribution >= 0.6 is 0 Å². The normalized spacial score (nSPS) is 12.4. The smallest absolute Gasteiger partial charge is 0.126 e. The topological polar surface area (TPSA) is 18.5 Å². The molecule has 2 aromatic carbocycles. The van der Waals surface area contributed by atoms with Gasteiger partial charge in [-0.05, 0) is 48.2 Å². The molecule has 1 unspecified atom stereocenters. The maximum atomic E-state index is 5.65. The lowest BCUT2D eigenvalue weighted by Gasteiger charge is -2.16. The van der Waals surface area contributed by atoms with Crippen molar-refractivity contribution in [3.05, 3.63) is 65.4 Å². The Hall–Kier alpha value is -2.22. The molecule has 2 heteroatoms. The van der Waals surface area contributed by atoms with Gasteiger partial charge in [-0.15, -0.1) is 0 Å². The highest BCUT2D eigenvalue weighted by molar-refractivity contribution is 5.76. The standard InChI is InChI=1S/C20H24O2/c1-14(11-12-21-4)17-9-10-18(19(13-17)22-5)20-15(2)7-6-8-16(20)3/h6-14H,1-5H3/b12-11+. The van der Waals surface area contributed by atoms with Crippen molar-refractivity contribution in [3.8, 4) is 16.9 Å². The van der Waals surface area contributed by atoms with Crippen molar-refractivity contribution in [3.63, 3.8) is 0 Å². The Labute approximate surface area is 133 Å². The first-order valence-corrected chi connectivity index (χ1v) is 7.52. The summed E-state index contributed by atoms with van der Waals surface area (Å²) in [6.45, 7) is 6.42. The summed E-state index contributed by atoms with van der Waals surface area (Å²) in [6.07, 6.45) is 3.75. The van der Waals surface area contributed by atoms with Crippen LogP contribution in [-0.2, 0) is 4.74 Å². The van der Waals surface area contributed by atoms with Crippen molar-refractivity contribution in [2.24, 2.45) is 0 Å². The third-order valence-corrected chi connectivity index (χ3v) is 4.01. The van der Waals surface area contributed by atoms with E-state index >= 15 is 0 Å². The van der Waals surface area contributed by atoms with E-state index in [2.05, 4.69) is 57.2 Å². The Morgan fingerprint density at radius 2 is 1.68 bits per heavy atom. The predicted octanol–water partition coefficient (Wildman–Crippen LogP) is 5.24. The van der Waals surface area contributed by atoms with E-state index in [1.165, 1.54) is 22.3 Å². The lowest BCUT2D eigenvalue weighted by molar-refractivity contribution is 0.336. The fraction of sp³-hybridized carbons (Fsp3) is 0.300. The van der Waals surface area contributed by atoms with Gasteiger partial charge in [0.15, 0.2) is 0 Å². The molecule has 0 saturated heterocycles.